The van der Waals surface area contributed by atoms with E-state index in [2.05, 4.69) is 37.4 Å². The maximum atomic E-state index is 6.04. The lowest BCUT2D eigenvalue weighted by molar-refractivity contribution is 0.412. The van der Waals surface area contributed by atoms with Gasteiger partial charge in [0.25, 0.3) is 0 Å². The first-order chi connectivity index (χ1) is 9.60. The Balaban J connectivity index is 2.08. The van der Waals surface area contributed by atoms with Gasteiger partial charge in [-0.1, -0.05) is 35.9 Å². The Morgan fingerprint density at radius 3 is 2.15 bits per heavy atom. The van der Waals surface area contributed by atoms with Gasteiger partial charge >= 0.3 is 0 Å². The quantitative estimate of drug-likeness (QED) is 0.857. The molecule has 2 rings (SSSR count). The van der Waals surface area contributed by atoms with Gasteiger partial charge in [-0.15, -0.1) is 0 Å². The zero-order valence-electron chi connectivity index (χ0n) is 12.1. The molecule has 0 heterocycles. The molecule has 0 aliphatic heterocycles. The van der Waals surface area contributed by atoms with E-state index >= 15 is 0 Å². The SMILES string of the molecule is COc1cccc([C@H](C)NC(C)c2cccc(Cl)c2)c1. The molecule has 2 atom stereocenters. The largest absolute Gasteiger partial charge is 0.497 e. The van der Waals surface area contributed by atoms with Crippen molar-refractivity contribution in [2.45, 2.75) is 25.9 Å². The molecule has 2 nitrogen and oxygen atoms in total. The first-order valence-corrected chi connectivity index (χ1v) is 7.13. The summed E-state index contributed by atoms with van der Waals surface area (Å²) >= 11 is 6.04. The molecule has 3 heteroatoms. The summed E-state index contributed by atoms with van der Waals surface area (Å²) in [5.74, 6) is 0.881. The molecule has 106 valence electrons. The Kier molecular flexibility index (Phi) is 5.05. The van der Waals surface area contributed by atoms with Gasteiger partial charge in [0.2, 0.25) is 0 Å². The van der Waals surface area contributed by atoms with Crippen molar-refractivity contribution in [3.8, 4) is 5.75 Å². The zero-order valence-corrected chi connectivity index (χ0v) is 12.8. The third-order valence-corrected chi connectivity index (χ3v) is 3.68. The summed E-state index contributed by atoms with van der Waals surface area (Å²) in [6.45, 7) is 4.29. The predicted octanol–water partition coefficient (Wildman–Crippen LogP) is 4.76. The number of benzene rings is 2. The highest BCUT2D eigenvalue weighted by Gasteiger charge is 2.11. The first-order valence-electron chi connectivity index (χ1n) is 6.75. The summed E-state index contributed by atoms with van der Waals surface area (Å²) in [5.41, 5.74) is 2.39. The van der Waals surface area contributed by atoms with Gasteiger partial charge in [0, 0.05) is 17.1 Å². The number of nitrogens with one attached hydrogen (secondary N) is 1. The van der Waals surface area contributed by atoms with Crippen LogP contribution < -0.4 is 10.1 Å². The summed E-state index contributed by atoms with van der Waals surface area (Å²) in [5, 5.41) is 4.35. The van der Waals surface area contributed by atoms with Gasteiger partial charge in [0.1, 0.15) is 5.75 Å². The van der Waals surface area contributed by atoms with Crippen LogP contribution in [0.25, 0.3) is 0 Å². The molecule has 0 amide bonds. The second kappa shape index (κ2) is 6.78. The molecule has 1 unspecified atom stereocenters. The van der Waals surface area contributed by atoms with E-state index in [1.807, 2.05) is 30.3 Å². The fourth-order valence-electron chi connectivity index (χ4n) is 2.25. The van der Waals surface area contributed by atoms with Crippen LogP contribution in [-0.2, 0) is 0 Å². The van der Waals surface area contributed by atoms with Crippen molar-refractivity contribution in [3.63, 3.8) is 0 Å². The Morgan fingerprint density at radius 2 is 1.55 bits per heavy atom. The van der Waals surface area contributed by atoms with E-state index < -0.39 is 0 Å². The van der Waals surface area contributed by atoms with E-state index in [9.17, 15) is 0 Å². The molecule has 0 aromatic heterocycles. The Morgan fingerprint density at radius 1 is 0.950 bits per heavy atom. The Labute approximate surface area is 125 Å². The predicted molar refractivity (Wildman–Crippen MR) is 84.4 cm³/mol. The highest BCUT2D eigenvalue weighted by molar-refractivity contribution is 6.30. The van der Waals surface area contributed by atoms with Crippen molar-refractivity contribution in [3.05, 3.63) is 64.7 Å². The summed E-state index contributed by atoms with van der Waals surface area (Å²) in [4.78, 5) is 0. The Hall–Kier alpha value is -1.51. The Bertz CT molecular complexity index is 570. The van der Waals surface area contributed by atoms with Gasteiger partial charge in [0.05, 0.1) is 7.11 Å². The molecular formula is C17H20ClNO. The smallest absolute Gasteiger partial charge is 0.119 e. The van der Waals surface area contributed by atoms with Crippen LogP contribution in [0.4, 0.5) is 0 Å². The van der Waals surface area contributed by atoms with Gasteiger partial charge in [-0.05, 0) is 49.2 Å². The first kappa shape index (κ1) is 14.9. The minimum atomic E-state index is 0.231. The van der Waals surface area contributed by atoms with E-state index in [0.717, 1.165) is 10.8 Å². The lowest BCUT2D eigenvalue weighted by Gasteiger charge is -2.21. The van der Waals surface area contributed by atoms with Crippen molar-refractivity contribution in [1.29, 1.82) is 0 Å². The van der Waals surface area contributed by atoms with E-state index in [1.165, 1.54) is 11.1 Å². The van der Waals surface area contributed by atoms with Crippen molar-refractivity contribution < 1.29 is 4.74 Å². The normalized spacial score (nSPS) is 13.8. The molecule has 2 aromatic carbocycles. The molecule has 0 spiro atoms. The molecule has 0 bridgehead atoms. The third-order valence-electron chi connectivity index (χ3n) is 3.44. The van der Waals surface area contributed by atoms with Gasteiger partial charge in [0.15, 0.2) is 0 Å². The summed E-state index contributed by atoms with van der Waals surface area (Å²) in [6.07, 6.45) is 0. The van der Waals surface area contributed by atoms with Crippen molar-refractivity contribution in [2.75, 3.05) is 7.11 Å². The van der Waals surface area contributed by atoms with Crippen molar-refractivity contribution in [2.24, 2.45) is 0 Å². The number of halogens is 1. The van der Waals surface area contributed by atoms with E-state index in [4.69, 9.17) is 16.3 Å². The number of methoxy groups -OCH3 is 1. The maximum Gasteiger partial charge on any atom is 0.119 e. The van der Waals surface area contributed by atoms with Crippen LogP contribution in [0.15, 0.2) is 48.5 Å². The van der Waals surface area contributed by atoms with Crippen LogP contribution >= 0.6 is 11.6 Å². The fourth-order valence-corrected chi connectivity index (χ4v) is 2.45. The molecule has 0 aliphatic carbocycles. The van der Waals surface area contributed by atoms with Crippen molar-refractivity contribution in [1.82, 2.24) is 5.32 Å². The second-order valence-electron chi connectivity index (χ2n) is 4.94. The fraction of sp³-hybridized carbons (Fsp3) is 0.294. The summed E-state index contributed by atoms with van der Waals surface area (Å²) in [7, 11) is 1.69. The molecule has 2 aromatic rings. The van der Waals surface area contributed by atoms with Gasteiger partial charge in [-0.25, -0.2) is 0 Å². The minimum Gasteiger partial charge on any atom is -0.497 e. The molecule has 0 aliphatic rings. The van der Waals surface area contributed by atoms with Crippen LogP contribution in [0, 0.1) is 0 Å². The monoisotopic (exact) mass is 289 g/mol. The highest BCUT2D eigenvalue weighted by atomic mass is 35.5. The number of hydrogen-bond acceptors (Lipinski definition) is 2. The molecule has 1 N–H and O–H groups in total. The van der Waals surface area contributed by atoms with Crippen molar-refractivity contribution >= 4 is 11.6 Å². The summed E-state index contributed by atoms with van der Waals surface area (Å²) < 4.78 is 5.27. The van der Waals surface area contributed by atoms with Crippen LogP contribution in [0.1, 0.15) is 37.1 Å². The highest BCUT2D eigenvalue weighted by Crippen LogP contribution is 2.23. The van der Waals surface area contributed by atoms with Crippen LogP contribution in [0.3, 0.4) is 0 Å². The van der Waals surface area contributed by atoms with E-state index in [-0.39, 0.29) is 12.1 Å². The van der Waals surface area contributed by atoms with Crippen LogP contribution in [0.2, 0.25) is 5.02 Å². The average molecular weight is 290 g/mol. The molecular weight excluding hydrogens is 270 g/mol. The molecule has 0 fully saturated rings. The minimum absolute atomic E-state index is 0.231. The molecule has 0 saturated carbocycles. The molecule has 20 heavy (non-hydrogen) atoms. The number of hydrogen-bond donors (Lipinski definition) is 1. The van der Waals surface area contributed by atoms with E-state index in [1.54, 1.807) is 7.11 Å². The average Bonchev–Trinajstić information content (AvgIpc) is 2.47. The second-order valence-corrected chi connectivity index (χ2v) is 5.38. The number of ether oxygens (including phenoxy) is 1. The molecule has 0 saturated heterocycles. The van der Waals surface area contributed by atoms with E-state index in [0.29, 0.717) is 0 Å². The third kappa shape index (κ3) is 3.75. The zero-order chi connectivity index (χ0) is 14.5. The van der Waals surface area contributed by atoms with Gasteiger partial charge < -0.3 is 10.1 Å². The summed E-state index contributed by atoms with van der Waals surface area (Å²) in [6, 6.07) is 16.5. The number of rotatable bonds is 5. The van der Waals surface area contributed by atoms with Crippen LogP contribution in [-0.4, -0.2) is 7.11 Å². The standard InChI is InChI=1S/C17H20ClNO/c1-12(14-6-4-8-16(18)10-14)19-13(2)15-7-5-9-17(11-15)20-3/h4-13,19H,1-3H3/t12?,13-/m0/s1. The maximum absolute atomic E-state index is 6.04. The lowest BCUT2D eigenvalue weighted by atomic mass is 10.0. The lowest BCUT2D eigenvalue weighted by Crippen LogP contribution is -2.22. The van der Waals surface area contributed by atoms with Gasteiger partial charge in [-0.2, -0.15) is 0 Å². The molecule has 0 radical (unpaired) electrons. The van der Waals surface area contributed by atoms with Gasteiger partial charge in [-0.3, -0.25) is 0 Å². The van der Waals surface area contributed by atoms with Crippen LogP contribution in [0.5, 0.6) is 5.75 Å². The topological polar surface area (TPSA) is 21.3 Å².